The number of nitrogens with two attached hydrogens (primary N) is 2. The number of fused-ring (bicyclic) bond motifs is 1. The van der Waals surface area contributed by atoms with Crippen molar-refractivity contribution in [1.82, 2.24) is 15.0 Å². The SMILES string of the molecule is NC(=O)c1ncc(N[C@@H](C(N)=O)C2CC2)nc1Nc1cnc2ccccc2c1. The van der Waals surface area contributed by atoms with Gasteiger partial charge in [-0.3, -0.25) is 14.6 Å². The van der Waals surface area contributed by atoms with Crippen molar-refractivity contribution in [2.75, 3.05) is 10.6 Å². The molecule has 6 N–H and O–H groups in total. The lowest BCUT2D eigenvalue weighted by Crippen LogP contribution is -2.37. The van der Waals surface area contributed by atoms with Crippen LogP contribution in [0, 0.1) is 5.92 Å². The van der Waals surface area contributed by atoms with E-state index in [-0.39, 0.29) is 17.4 Å². The maximum atomic E-state index is 11.8. The fourth-order valence-electron chi connectivity index (χ4n) is 3.01. The number of nitrogens with one attached hydrogen (secondary N) is 2. The molecule has 0 aliphatic heterocycles. The average Bonchev–Trinajstić information content (AvgIpc) is 3.51. The van der Waals surface area contributed by atoms with Gasteiger partial charge in [0.2, 0.25) is 5.91 Å². The van der Waals surface area contributed by atoms with E-state index >= 15 is 0 Å². The largest absolute Gasteiger partial charge is 0.368 e. The Kier molecular flexibility index (Phi) is 4.48. The molecule has 1 aliphatic carbocycles. The molecule has 9 nitrogen and oxygen atoms in total. The second-order valence-corrected chi connectivity index (χ2v) is 6.72. The number of carbonyl (C=O) groups is 2. The minimum Gasteiger partial charge on any atom is -0.368 e. The summed E-state index contributed by atoms with van der Waals surface area (Å²) in [5, 5.41) is 6.98. The third-order valence-electron chi connectivity index (χ3n) is 4.56. The molecule has 1 fully saturated rings. The Labute approximate surface area is 160 Å². The van der Waals surface area contributed by atoms with Crippen LogP contribution in [0.5, 0.6) is 0 Å². The molecule has 28 heavy (non-hydrogen) atoms. The molecule has 2 heterocycles. The number of anilines is 3. The van der Waals surface area contributed by atoms with Gasteiger partial charge in [-0.2, -0.15) is 0 Å². The first kappa shape index (κ1) is 17.7. The van der Waals surface area contributed by atoms with Gasteiger partial charge >= 0.3 is 0 Å². The summed E-state index contributed by atoms with van der Waals surface area (Å²) in [6.07, 6.45) is 4.86. The summed E-state index contributed by atoms with van der Waals surface area (Å²) in [5.41, 5.74) is 12.4. The Hall–Kier alpha value is -3.75. The molecule has 9 heteroatoms. The summed E-state index contributed by atoms with van der Waals surface area (Å²) in [6, 6.07) is 9.01. The van der Waals surface area contributed by atoms with Crippen molar-refractivity contribution in [2.24, 2.45) is 17.4 Å². The van der Waals surface area contributed by atoms with Gasteiger partial charge in [-0.15, -0.1) is 0 Å². The predicted molar refractivity (Wildman–Crippen MR) is 105 cm³/mol. The number of benzene rings is 1. The first-order chi connectivity index (χ1) is 13.5. The van der Waals surface area contributed by atoms with Gasteiger partial charge in [0, 0.05) is 5.39 Å². The van der Waals surface area contributed by atoms with Crippen molar-refractivity contribution in [3.8, 4) is 0 Å². The Morgan fingerprint density at radius 3 is 2.61 bits per heavy atom. The van der Waals surface area contributed by atoms with E-state index in [2.05, 4.69) is 25.6 Å². The van der Waals surface area contributed by atoms with Crippen molar-refractivity contribution in [1.29, 1.82) is 0 Å². The number of amides is 2. The summed E-state index contributed by atoms with van der Waals surface area (Å²) in [6.45, 7) is 0. The molecule has 0 bridgehead atoms. The monoisotopic (exact) mass is 377 g/mol. The Bertz CT molecular complexity index is 1070. The quantitative estimate of drug-likeness (QED) is 0.488. The van der Waals surface area contributed by atoms with Gasteiger partial charge in [0.05, 0.1) is 23.6 Å². The fourth-order valence-corrected chi connectivity index (χ4v) is 3.01. The van der Waals surface area contributed by atoms with Crippen molar-refractivity contribution in [2.45, 2.75) is 18.9 Å². The normalized spacial score (nSPS) is 14.4. The molecule has 2 aromatic heterocycles. The number of pyridine rings is 1. The molecule has 3 aromatic rings. The van der Waals surface area contributed by atoms with Crippen molar-refractivity contribution >= 4 is 40.0 Å². The lowest BCUT2D eigenvalue weighted by molar-refractivity contribution is -0.119. The lowest BCUT2D eigenvalue weighted by Gasteiger charge is -2.16. The van der Waals surface area contributed by atoms with Gasteiger partial charge in [-0.1, -0.05) is 18.2 Å². The third-order valence-corrected chi connectivity index (χ3v) is 4.56. The Balaban J connectivity index is 1.65. The van der Waals surface area contributed by atoms with Crippen LogP contribution in [0.4, 0.5) is 17.3 Å². The van der Waals surface area contributed by atoms with Crippen LogP contribution in [0.15, 0.2) is 42.7 Å². The lowest BCUT2D eigenvalue weighted by atomic mass is 10.2. The molecule has 0 radical (unpaired) electrons. The van der Waals surface area contributed by atoms with E-state index in [1.165, 1.54) is 6.20 Å². The molecule has 1 aliphatic rings. The van der Waals surface area contributed by atoms with Crippen molar-refractivity contribution in [3.63, 3.8) is 0 Å². The van der Waals surface area contributed by atoms with E-state index in [0.717, 1.165) is 23.7 Å². The van der Waals surface area contributed by atoms with Gasteiger partial charge in [-0.05, 0) is 30.9 Å². The number of aromatic nitrogens is 3. The highest BCUT2D eigenvalue weighted by atomic mass is 16.1. The second-order valence-electron chi connectivity index (χ2n) is 6.72. The van der Waals surface area contributed by atoms with E-state index in [1.54, 1.807) is 6.20 Å². The van der Waals surface area contributed by atoms with E-state index in [0.29, 0.717) is 11.5 Å². The van der Waals surface area contributed by atoms with E-state index in [9.17, 15) is 9.59 Å². The van der Waals surface area contributed by atoms with Gasteiger partial charge < -0.3 is 22.1 Å². The molecule has 2 amide bonds. The topological polar surface area (TPSA) is 149 Å². The maximum Gasteiger partial charge on any atom is 0.271 e. The van der Waals surface area contributed by atoms with Crippen LogP contribution in [0.3, 0.4) is 0 Å². The molecular formula is C19H19N7O2. The first-order valence-corrected chi connectivity index (χ1v) is 8.86. The summed E-state index contributed by atoms with van der Waals surface area (Å²) >= 11 is 0. The van der Waals surface area contributed by atoms with Crippen LogP contribution in [-0.2, 0) is 4.79 Å². The van der Waals surface area contributed by atoms with E-state index < -0.39 is 17.9 Å². The van der Waals surface area contributed by atoms with Gasteiger partial charge in [0.25, 0.3) is 5.91 Å². The molecule has 0 saturated heterocycles. The zero-order valence-corrected chi connectivity index (χ0v) is 14.9. The van der Waals surface area contributed by atoms with Crippen LogP contribution < -0.4 is 22.1 Å². The van der Waals surface area contributed by atoms with E-state index in [4.69, 9.17) is 11.5 Å². The number of para-hydroxylation sites is 1. The second kappa shape index (κ2) is 7.10. The first-order valence-electron chi connectivity index (χ1n) is 8.86. The number of primary amides is 2. The molecule has 1 atom stereocenters. The molecule has 4 rings (SSSR count). The summed E-state index contributed by atoms with van der Waals surface area (Å²) in [5.74, 6) is -0.470. The highest BCUT2D eigenvalue weighted by Crippen LogP contribution is 2.34. The van der Waals surface area contributed by atoms with Gasteiger partial charge in [0.1, 0.15) is 11.9 Å². The van der Waals surface area contributed by atoms with Crippen LogP contribution >= 0.6 is 0 Å². The standard InChI is InChI=1S/C19H19N7O2/c20-17(27)15(10-5-6-10)25-14-9-23-16(18(21)28)19(26-14)24-12-7-11-3-1-2-4-13(11)22-8-12/h1-4,7-10,15H,5-6H2,(H2,20,27)(H2,21,28)(H2,24,25,26)/t15-/m1/s1. The minimum absolute atomic E-state index is 0.0132. The highest BCUT2D eigenvalue weighted by molar-refractivity contribution is 5.96. The van der Waals surface area contributed by atoms with Crippen LogP contribution in [0.25, 0.3) is 10.9 Å². The number of nitrogens with zero attached hydrogens (tertiary/aromatic N) is 3. The number of carbonyl (C=O) groups excluding carboxylic acids is 2. The minimum atomic E-state index is -0.719. The summed E-state index contributed by atoms with van der Waals surface area (Å²) in [7, 11) is 0. The average molecular weight is 377 g/mol. The molecule has 142 valence electrons. The summed E-state index contributed by atoms with van der Waals surface area (Å²) < 4.78 is 0. The third kappa shape index (κ3) is 3.68. The Morgan fingerprint density at radius 2 is 1.89 bits per heavy atom. The molecule has 0 unspecified atom stereocenters. The van der Waals surface area contributed by atoms with Crippen LogP contribution in [0.1, 0.15) is 23.3 Å². The molecule has 1 aromatic carbocycles. The zero-order chi connectivity index (χ0) is 19.7. The smallest absolute Gasteiger partial charge is 0.271 e. The van der Waals surface area contributed by atoms with E-state index in [1.807, 2.05) is 30.3 Å². The van der Waals surface area contributed by atoms with Crippen LogP contribution in [0.2, 0.25) is 0 Å². The molecule has 0 spiro atoms. The van der Waals surface area contributed by atoms with Crippen molar-refractivity contribution < 1.29 is 9.59 Å². The van der Waals surface area contributed by atoms with Crippen molar-refractivity contribution in [3.05, 3.63) is 48.4 Å². The number of rotatable bonds is 7. The highest BCUT2D eigenvalue weighted by Gasteiger charge is 2.35. The maximum absolute atomic E-state index is 11.8. The summed E-state index contributed by atoms with van der Waals surface area (Å²) in [4.78, 5) is 36.3. The predicted octanol–water partition coefficient (Wildman–Crippen LogP) is 1.54. The number of hydrogen-bond acceptors (Lipinski definition) is 7. The number of hydrogen-bond donors (Lipinski definition) is 4. The molecule has 1 saturated carbocycles. The van der Waals surface area contributed by atoms with Gasteiger partial charge in [0.15, 0.2) is 11.5 Å². The zero-order valence-electron chi connectivity index (χ0n) is 14.9. The molecular weight excluding hydrogens is 358 g/mol. The fraction of sp³-hybridized carbons (Fsp3) is 0.211. The Morgan fingerprint density at radius 1 is 1.11 bits per heavy atom. The van der Waals surface area contributed by atoms with Gasteiger partial charge in [-0.25, -0.2) is 9.97 Å². The van der Waals surface area contributed by atoms with Crippen LogP contribution in [-0.4, -0.2) is 32.8 Å².